The average Bonchev–Trinajstić information content (AvgIpc) is 2.69. The molecule has 0 spiro atoms. The van der Waals surface area contributed by atoms with Crippen molar-refractivity contribution in [3.05, 3.63) is 45.4 Å². The molecule has 0 bridgehead atoms. The van der Waals surface area contributed by atoms with E-state index in [0.717, 1.165) is 16.1 Å². The van der Waals surface area contributed by atoms with Gasteiger partial charge >= 0.3 is 0 Å². The summed E-state index contributed by atoms with van der Waals surface area (Å²) in [6.07, 6.45) is 0. The Morgan fingerprint density at radius 1 is 1.44 bits per heavy atom. The highest BCUT2D eigenvalue weighted by atomic mass is 35.5. The molecule has 0 fully saturated rings. The highest BCUT2D eigenvalue weighted by Gasteiger charge is 2.19. The second-order valence-electron chi connectivity index (χ2n) is 3.34. The maximum absolute atomic E-state index is 6.14. The van der Waals surface area contributed by atoms with Crippen LogP contribution >= 0.6 is 23.1 Å². The van der Waals surface area contributed by atoms with Crippen molar-refractivity contribution in [2.45, 2.75) is 13.0 Å². The molecule has 1 aromatic heterocycles. The molecule has 0 saturated heterocycles. The van der Waals surface area contributed by atoms with Crippen molar-refractivity contribution < 1.29 is 0 Å². The Morgan fingerprint density at radius 3 is 2.75 bits per heavy atom. The van der Waals surface area contributed by atoms with E-state index < -0.39 is 0 Å². The van der Waals surface area contributed by atoms with E-state index in [4.69, 9.17) is 17.4 Å². The molecule has 0 radical (unpaired) electrons. The average molecular weight is 255 g/mol. The van der Waals surface area contributed by atoms with Crippen LogP contribution in [0.15, 0.2) is 24.3 Å². The quantitative estimate of drug-likeness (QED) is 0.650. The van der Waals surface area contributed by atoms with Gasteiger partial charge in [-0.1, -0.05) is 34.3 Å². The summed E-state index contributed by atoms with van der Waals surface area (Å²) in [4.78, 5) is 0.982. The Bertz CT molecular complexity index is 485. The van der Waals surface area contributed by atoms with Gasteiger partial charge < -0.3 is 0 Å². The summed E-state index contributed by atoms with van der Waals surface area (Å²) >= 11 is 7.46. The van der Waals surface area contributed by atoms with Crippen LogP contribution in [0.1, 0.15) is 22.2 Å². The molecule has 0 aliphatic carbocycles. The summed E-state index contributed by atoms with van der Waals surface area (Å²) in [5.74, 6) is 5.58. The lowest BCUT2D eigenvalue weighted by Gasteiger charge is -2.15. The van der Waals surface area contributed by atoms with E-state index in [2.05, 4.69) is 15.0 Å². The molecule has 6 heteroatoms. The summed E-state index contributed by atoms with van der Waals surface area (Å²) in [6.45, 7) is 1.90. The van der Waals surface area contributed by atoms with Crippen molar-refractivity contribution in [1.29, 1.82) is 0 Å². The Morgan fingerprint density at radius 2 is 2.19 bits per heavy atom. The van der Waals surface area contributed by atoms with E-state index in [9.17, 15) is 0 Å². The van der Waals surface area contributed by atoms with Gasteiger partial charge in [0.25, 0.3) is 0 Å². The van der Waals surface area contributed by atoms with E-state index in [1.165, 1.54) is 11.5 Å². The summed E-state index contributed by atoms with van der Waals surface area (Å²) in [5.41, 5.74) is 4.55. The molecule has 16 heavy (non-hydrogen) atoms. The summed E-state index contributed by atoms with van der Waals surface area (Å²) in [7, 11) is 0. The fraction of sp³-hybridized carbons (Fsp3) is 0.200. The lowest BCUT2D eigenvalue weighted by atomic mass is 10.1. The van der Waals surface area contributed by atoms with Gasteiger partial charge in [0.1, 0.15) is 0 Å². The third kappa shape index (κ3) is 2.08. The molecule has 1 aromatic carbocycles. The smallest absolute Gasteiger partial charge is 0.0851 e. The zero-order valence-electron chi connectivity index (χ0n) is 8.64. The maximum atomic E-state index is 6.14. The highest BCUT2D eigenvalue weighted by molar-refractivity contribution is 7.05. The minimum absolute atomic E-state index is 0.159. The van der Waals surface area contributed by atoms with E-state index in [1.54, 1.807) is 0 Å². The number of nitrogens with zero attached hydrogens (tertiary/aromatic N) is 2. The van der Waals surface area contributed by atoms with Crippen LogP contribution < -0.4 is 11.3 Å². The van der Waals surface area contributed by atoms with Gasteiger partial charge in [0.05, 0.1) is 16.6 Å². The number of hydrogen-bond donors (Lipinski definition) is 2. The van der Waals surface area contributed by atoms with Gasteiger partial charge in [0, 0.05) is 5.02 Å². The fourth-order valence-electron chi connectivity index (χ4n) is 1.52. The largest absolute Gasteiger partial charge is 0.271 e. The van der Waals surface area contributed by atoms with Gasteiger partial charge in [-0.05, 0) is 30.1 Å². The van der Waals surface area contributed by atoms with Crippen LogP contribution in [0.3, 0.4) is 0 Å². The number of nitrogens with one attached hydrogen (secondary N) is 1. The number of rotatable bonds is 3. The van der Waals surface area contributed by atoms with Crippen molar-refractivity contribution in [1.82, 2.24) is 15.0 Å². The molecule has 2 aromatic rings. The highest BCUT2D eigenvalue weighted by Crippen LogP contribution is 2.30. The van der Waals surface area contributed by atoms with Crippen LogP contribution in [-0.2, 0) is 0 Å². The fourth-order valence-corrected chi connectivity index (χ4v) is 2.49. The Labute approximate surface area is 103 Å². The van der Waals surface area contributed by atoms with Crippen LogP contribution in [0.4, 0.5) is 0 Å². The van der Waals surface area contributed by atoms with Crippen LogP contribution in [0.5, 0.6) is 0 Å². The zero-order valence-corrected chi connectivity index (χ0v) is 10.2. The number of halogens is 1. The van der Waals surface area contributed by atoms with Crippen molar-refractivity contribution in [3.63, 3.8) is 0 Å². The number of aromatic nitrogens is 2. The lowest BCUT2D eigenvalue weighted by Crippen LogP contribution is -2.28. The number of nitrogens with two attached hydrogens (primary N) is 1. The first-order chi connectivity index (χ1) is 7.74. The van der Waals surface area contributed by atoms with Crippen LogP contribution in [0.2, 0.25) is 5.02 Å². The second kappa shape index (κ2) is 4.88. The van der Waals surface area contributed by atoms with Gasteiger partial charge in [0.15, 0.2) is 0 Å². The summed E-state index contributed by atoms with van der Waals surface area (Å²) < 4.78 is 3.90. The van der Waals surface area contributed by atoms with Crippen LogP contribution in [0, 0.1) is 6.92 Å². The van der Waals surface area contributed by atoms with Crippen LogP contribution in [-0.4, -0.2) is 9.59 Å². The molecule has 0 saturated carbocycles. The lowest BCUT2D eigenvalue weighted by molar-refractivity contribution is 0.642. The van der Waals surface area contributed by atoms with E-state index in [-0.39, 0.29) is 6.04 Å². The molecular formula is C10H11ClN4S. The summed E-state index contributed by atoms with van der Waals surface area (Å²) in [6, 6.07) is 7.43. The third-order valence-electron chi connectivity index (χ3n) is 2.33. The maximum Gasteiger partial charge on any atom is 0.0851 e. The van der Waals surface area contributed by atoms with Crippen LogP contribution in [0.25, 0.3) is 0 Å². The Kier molecular flexibility index (Phi) is 3.50. The molecule has 0 amide bonds. The first-order valence-electron chi connectivity index (χ1n) is 4.73. The predicted molar refractivity (Wildman–Crippen MR) is 65.3 cm³/mol. The second-order valence-corrected chi connectivity index (χ2v) is 4.54. The number of hydrogen-bond acceptors (Lipinski definition) is 5. The third-order valence-corrected chi connectivity index (χ3v) is 3.57. The number of aryl methyl sites for hydroxylation is 1. The molecule has 0 aliphatic heterocycles. The first-order valence-corrected chi connectivity index (χ1v) is 5.88. The first kappa shape index (κ1) is 11.5. The standard InChI is InChI=1S/C10H11ClN4S/c1-6-10(16-15-14-6)9(13-12)7-4-2-3-5-8(7)11/h2-5,9,13H,12H2,1H3. The Hall–Kier alpha value is -1.01. The minimum atomic E-state index is -0.159. The summed E-state index contributed by atoms with van der Waals surface area (Å²) in [5, 5.41) is 4.65. The van der Waals surface area contributed by atoms with Gasteiger partial charge in [-0.25, -0.2) is 5.43 Å². The monoisotopic (exact) mass is 254 g/mol. The molecule has 4 nitrogen and oxygen atoms in total. The molecule has 1 heterocycles. The van der Waals surface area contributed by atoms with Gasteiger partial charge in [-0.15, -0.1) is 5.10 Å². The van der Waals surface area contributed by atoms with E-state index in [1.807, 2.05) is 31.2 Å². The molecule has 1 unspecified atom stereocenters. The molecule has 1 atom stereocenters. The zero-order chi connectivity index (χ0) is 11.5. The normalized spacial score (nSPS) is 12.7. The van der Waals surface area contributed by atoms with Gasteiger partial charge in [0.2, 0.25) is 0 Å². The van der Waals surface area contributed by atoms with Gasteiger partial charge in [-0.3, -0.25) is 5.84 Å². The molecule has 3 N–H and O–H groups in total. The van der Waals surface area contributed by atoms with Crippen molar-refractivity contribution in [2.24, 2.45) is 5.84 Å². The van der Waals surface area contributed by atoms with Crippen molar-refractivity contribution >= 4 is 23.1 Å². The topological polar surface area (TPSA) is 63.8 Å². The number of benzene rings is 1. The Balaban J connectivity index is 2.45. The molecule has 0 aliphatic rings. The molecule has 84 valence electrons. The van der Waals surface area contributed by atoms with Gasteiger partial charge in [-0.2, -0.15) is 0 Å². The number of hydrazine groups is 1. The molecule has 2 rings (SSSR count). The van der Waals surface area contributed by atoms with Crippen molar-refractivity contribution in [2.75, 3.05) is 0 Å². The van der Waals surface area contributed by atoms with E-state index >= 15 is 0 Å². The predicted octanol–water partition coefficient (Wildman–Crippen LogP) is 2.05. The molecular weight excluding hydrogens is 244 g/mol. The van der Waals surface area contributed by atoms with E-state index in [0.29, 0.717) is 5.02 Å². The van der Waals surface area contributed by atoms with Crippen molar-refractivity contribution in [3.8, 4) is 0 Å². The SMILES string of the molecule is Cc1nnsc1C(NN)c1ccccc1Cl. The minimum Gasteiger partial charge on any atom is -0.271 e.